The maximum atomic E-state index is 13.0. The molecule has 0 radical (unpaired) electrons. The van der Waals surface area contributed by atoms with Gasteiger partial charge in [-0.25, -0.2) is 8.42 Å². The van der Waals surface area contributed by atoms with Crippen molar-refractivity contribution < 1.29 is 8.42 Å². The molecule has 0 aliphatic heterocycles. The van der Waals surface area contributed by atoms with E-state index in [1.807, 2.05) is 36.4 Å². The van der Waals surface area contributed by atoms with E-state index < -0.39 is 10.0 Å². The van der Waals surface area contributed by atoms with Crippen LogP contribution in [0.3, 0.4) is 0 Å². The van der Waals surface area contributed by atoms with Gasteiger partial charge in [0.2, 0.25) is 10.0 Å². The van der Waals surface area contributed by atoms with Gasteiger partial charge in [0.15, 0.2) is 0 Å². The van der Waals surface area contributed by atoms with Crippen LogP contribution in [0.5, 0.6) is 0 Å². The van der Waals surface area contributed by atoms with Crippen LogP contribution in [0, 0.1) is 18.3 Å². The van der Waals surface area contributed by atoms with Crippen LogP contribution in [-0.2, 0) is 16.4 Å². The first-order chi connectivity index (χ1) is 11.5. The lowest BCUT2D eigenvalue weighted by molar-refractivity contribution is 0.421. The van der Waals surface area contributed by atoms with Crippen LogP contribution in [0.25, 0.3) is 0 Å². The van der Waals surface area contributed by atoms with Crippen molar-refractivity contribution in [1.82, 2.24) is 4.31 Å². The second-order valence-electron chi connectivity index (χ2n) is 5.49. The summed E-state index contributed by atoms with van der Waals surface area (Å²) in [6.45, 7) is 2.49. The Labute approximate surface area is 143 Å². The standard InChI is InChI=1S/C18H21N3O2S/c1-15-6-5-9-18(17(15)14-20)24(22,23)21(13-11-19)12-10-16-7-3-2-4-8-16/h2-9H,10-13,19H2,1H3. The number of benzene rings is 2. The number of rotatable bonds is 7. The highest BCUT2D eigenvalue weighted by Crippen LogP contribution is 2.22. The summed E-state index contributed by atoms with van der Waals surface area (Å²) in [4.78, 5) is 0.0477. The molecule has 0 spiro atoms. The molecule has 24 heavy (non-hydrogen) atoms. The van der Waals surface area contributed by atoms with Gasteiger partial charge in [-0.2, -0.15) is 9.57 Å². The van der Waals surface area contributed by atoms with Gasteiger partial charge >= 0.3 is 0 Å². The average molecular weight is 343 g/mol. The van der Waals surface area contributed by atoms with Crippen LogP contribution < -0.4 is 5.73 Å². The molecule has 126 valence electrons. The Morgan fingerprint density at radius 3 is 2.42 bits per heavy atom. The topological polar surface area (TPSA) is 87.2 Å². The molecule has 0 heterocycles. The zero-order valence-electron chi connectivity index (χ0n) is 13.6. The maximum absolute atomic E-state index is 13.0. The Hall–Kier alpha value is -2.20. The van der Waals surface area contributed by atoms with Gasteiger partial charge in [-0.1, -0.05) is 42.5 Å². The van der Waals surface area contributed by atoms with Crippen molar-refractivity contribution in [2.75, 3.05) is 19.6 Å². The number of nitriles is 1. The molecule has 0 saturated carbocycles. The van der Waals surface area contributed by atoms with E-state index in [2.05, 4.69) is 0 Å². The van der Waals surface area contributed by atoms with Gasteiger partial charge in [-0.3, -0.25) is 0 Å². The first kappa shape index (κ1) is 18.1. The molecule has 6 heteroatoms. The average Bonchev–Trinajstić information content (AvgIpc) is 2.59. The molecule has 2 N–H and O–H groups in total. The summed E-state index contributed by atoms with van der Waals surface area (Å²) in [5.41, 5.74) is 7.50. The van der Waals surface area contributed by atoms with Crippen molar-refractivity contribution in [2.45, 2.75) is 18.2 Å². The highest BCUT2D eigenvalue weighted by atomic mass is 32.2. The second kappa shape index (κ2) is 8.06. The number of nitrogens with two attached hydrogens (primary N) is 1. The maximum Gasteiger partial charge on any atom is 0.244 e. The molecule has 2 aromatic carbocycles. The number of sulfonamides is 1. The Kier molecular flexibility index (Phi) is 6.10. The molecule has 0 aromatic heterocycles. The molecule has 0 aliphatic rings. The van der Waals surface area contributed by atoms with E-state index in [1.54, 1.807) is 19.1 Å². The summed E-state index contributed by atoms with van der Waals surface area (Å²) in [7, 11) is -3.77. The lowest BCUT2D eigenvalue weighted by Gasteiger charge is -2.22. The predicted molar refractivity (Wildman–Crippen MR) is 93.9 cm³/mol. The molecule has 0 fully saturated rings. The van der Waals surface area contributed by atoms with Gasteiger partial charge in [0.25, 0.3) is 0 Å². The molecule has 0 aliphatic carbocycles. The van der Waals surface area contributed by atoms with E-state index in [4.69, 9.17) is 5.73 Å². The van der Waals surface area contributed by atoms with Crippen LogP contribution in [0.4, 0.5) is 0 Å². The number of nitrogens with zero attached hydrogens (tertiary/aromatic N) is 2. The molecular formula is C18H21N3O2S. The van der Waals surface area contributed by atoms with Gasteiger partial charge in [0.05, 0.1) is 5.56 Å². The van der Waals surface area contributed by atoms with E-state index >= 15 is 0 Å². The monoisotopic (exact) mass is 343 g/mol. The lowest BCUT2D eigenvalue weighted by Crippen LogP contribution is -2.37. The van der Waals surface area contributed by atoms with E-state index in [-0.39, 0.29) is 23.5 Å². The summed E-state index contributed by atoms with van der Waals surface area (Å²) < 4.78 is 27.3. The summed E-state index contributed by atoms with van der Waals surface area (Å²) in [6.07, 6.45) is 0.591. The molecule has 0 bridgehead atoms. The summed E-state index contributed by atoms with van der Waals surface area (Å²) in [6, 6.07) is 16.5. The van der Waals surface area contributed by atoms with E-state index in [9.17, 15) is 13.7 Å². The van der Waals surface area contributed by atoms with Gasteiger partial charge in [-0.15, -0.1) is 0 Å². The van der Waals surface area contributed by atoms with Crippen LogP contribution in [0.1, 0.15) is 16.7 Å². The molecule has 0 atom stereocenters. The van der Waals surface area contributed by atoms with E-state index in [1.165, 1.54) is 10.4 Å². The van der Waals surface area contributed by atoms with Crippen LogP contribution >= 0.6 is 0 Å². The van der Waals surface area contributed by atoms with Crippen LogP contribution in [-0.4, -0.2) is 32.4 Å². The van der Waals surface area contributed by atoms with Gasteiger partial charge in [-0.05, 0) is 30.5 Å². The van der Waals surface area contributed by atoms with Crippen molar-refractivity contribution in [3.05, 3.63) is 65.2 Å². The third-order valence-corrected chi connectivity index (χ3v) is 5.78. The van der Waals surface area contributed by atoms with Crippen LogP contribution in [0.2, 0.25) is 0 Å². The zero-order valence-corrected chi connectivity index (χ0v) is 14.5. The Balaban J connectivity index is 2.32. The fourth-order valence-corrected chi connectivity index (χ4v) is 4.20. The Morgan fingerprint density at radius 1 is 1.08 bits per heavy atom. The molecule has 0 saturated heterocycles. The third kappa shape index (κ3) is 4.01. The molecule has 2 aromatic rings. The first-order valence-electron chi connectivity index (χ1n) is 7.74. The van der Waals surface area contributed by atoms with Gasteiger partial charge < -0.3 is 5.73 Å². The minimum absolute atomic E-state index is 0.0477. The van der Waals surface area contributed by atoms with Crippen molar-refractivity contribution >= 4 is 10.0 Å². The molecule has 5 nitrogen and oxygen atoms in total. The minimum atomic E-state index is -3.77. The summed E-state index contributed by atoms with van der Waals surface area (Å²) >= 11 is 0. The second-order valence-corrected chi connectivity index (χ2v) is 7.39. The number of hydrogen-bond donors (Lipinski definition) is 1. The minimum Gasteiger partial charge on any atom is -0.329 e. The number of aryl methyl sites for hydroxylation is 1. The van der Waals surface area contributed by atoms with Crippen molar-refractivity contribution in [2.24, 2.45) is 5.73 Å². The van der Waals surface area contributed by atoms with Gasteiger partial charge in [0.1, 0.15) is 11.0 Å². The van der Waals surface area contributed by atoms with Crippen molar-refractivity contribution in [1.29, 1.82) is 5.26 Å². The quantitative estimate of drug-likeness (QED) is 0.833. The smallest absolute Gasteiger partial charge is 0.244 e. The molecule has 0 amide bonds. The van der Waals surface area contributed by atoms with Crippen LogP contribution in [0.15, 0.2) is 53.4 Å². The van der Waals surface area contributed by atoms with Crippen molar-refractivity contribution in [3.8, 4) is 6.07 Å². The molecule has 2 rings (SSSR count). The third-order valence-electron chi connectivity index (χ3n) is 3.84. The number of hydrogen-bond acceptors (Lipinski definition) is 4. The molecular weight excluding hydrogens is 322 g/mol. The zero-order chi connectivity index (χ0) is 17.6. The first-order valence-corrected chi connectivity index (χ1v) is 9.18. The largest absolute Gasteiger partial charge is 0.329 e. The van der Waals surface area contributed by atoms with E-state index in [0.29, 0.717) is 18.5 Å². The lowest BCUT2D eigenvalue weighted by atomic mass is 10.1. The Bertz CT molecular complexity index is 827. The highest BCUT2D eigenvalue weighted by Gasteiger charge is 2.27. The van der Waals surface area contributed by atoms with Gasteiger partial charge in [0, 0.05) is 19.6 Å². The SMILES string of the molecule is Cc1cccc(S(=O)(=O)N(CCN)CCc2ccccc2)c1C#N. The molecule has 0 unspecified atom stereocenters. The normalized spacial score (nSPS) is 11.4. The van der Waals surface area contributed by atoms with Crippen molar-refractivity contribution in [3.63, 3.8) is 0 Å². The summed E-state index contributed by atoms with van der Waals surface area (Å²) in [5.74, 6) is 0. The Morgan fingerprint density at radius 2 is 1.79 bits per heavy atom. The van der Waals surface area contributed by atoms with E-state index in [0.717, 1.165) is 5.56 Å². The predicted octanol–water partition coefficient (Wildman–Crippen LogP) is 2.06. The highest BCUT2D eigenvalue weighted by molar-refractivity contribution is 7.89. The fourth-order valence-electron chi connectivity index (χ4n) is 2.53. The summed E-state index contributed by atoms with van der Waals surface area (Å²) in [5, 5.41) is 9.32. The fraction of sp³-hybridized carbons (Fsp3) is 0.278.